The van der Waals surface area contributed by atoms with Crippen molar-refractivity contribution >= 4 is 58.0 Å². The first-order chi connectivity index (χ1) is 36.6. The van der Waals surface area contributed by atoms with Gasteiger partial charge in [-0.05, 0) is 80.8 Å². The van der Waals surface area contributed by atoms with Gasteiger partial charge in [-0.1, -0.05) is 78.9 Å². The summed E-state index contributed by atoms with van der Waals surface area (Å²) in [6, 6.07) is 37.9. The van der Waals surface area contributed by atoms with Gasteiger partial charge in [0.1, 0.15) is 36.0 Å². The maximum absolute atomic E-state index is 13.6. The molecule has 0 radical (unpaired) electrons. The Kier molecular flexibility index (Phi) is 17.7. The molecule has 76 heavy (non-hydrogen) atoms. The van der Waals surface area contributed by atoms with Crippen molar-refractivity contribution < 1.29 is 45.9 Å². The lowest BCUT2D eigenvalue weighted by atomic mass is 9.80. The molecule has 5 aromatic carbocycles. The van der Waals surface area contributed by atoms with Crippen LogP contribution in [0.4, 0.5) is 16.4 Å². The Bertz CT molecular complexity index is 3260. The van der Waals surface area contributed by atoms with Crippen molar-refractivity contribution in [2.24, 2.45) is 0 Å². The van der Waals surface area contributed by atoms with Gasteiger partial charge in [0.25, 0.3) is 14.1 Å². The van der Waals surface area contributed by atoms with Crippen molar-refractivity contribution in [2.75, 3.05) is 64.1 Å². The fourth-order valence-corrected chi connectivity index (χ4v) is 12.5. The van der Waals surface area contributed by atoms with Gasteiger partial charge >= 0.3 is 6.09 Å². The van der Waals surface area contributed by atoms with E-state index in [1.54, 1.807) is 37.0 Å². The number of amides is 1. The van der Waals surface area contributed by atoms with Crippen LogP contribution in [0.25, 0.3) is 21.9 Å². The quantitative estimate of drug-likeness (QED) is 0.0346. The zero-order valence-electron chi connectivity index (χ0n) is 43.7. The van der Waals surface area contributed by atoms with E-state index < -0.39 is 66.4 Å². The molecule has 1 unspecified atom stereocenters. The molecule has 0 saturated carbocycles. The van der Waals surface area contributed by atoms with Gasteiger partial charge in [-0.3, -0.25) is 19.7 Å². The molecule has 2 N–H and O–H groups in total. The predicted octanol–water partition coefficient (Wildman–Crippen LogP) is 9.34. The summed E-state index contributed by atoms with van der Waals surface area (Å²) in [6.45, 7) is 7.82. The Labute approximate surface area is 443 Å². The average molecular weight is 1080 g/mol. The van der Waals surface area contributed by atoms with Gasteiger partial charge in [0.2, 0.25) is 5.95 Å². The minimum Gasteiger partial charge on any atom is -0.497 e. The third-order valence-electron chi connectivity index (χ3n) is 12.9. The second-order valence-electron chi connectivity index (χ2n) is 18.7. The summed E-state index contributed by atoms with van der Waals surface area (Å²) in [5, 5.41) is 13.3. The van der Waals surface area contributed by atoms with Gasteiger partial charge in [0.05, 0.1) is 63.0 Å². The Morgan fingerprint density at radius 1 is 0.882 bits per heavy atom. The van der Waals surface area contributed by atoms with Crippen molar-refractivity contribution in [1.82, 2.24) is 24.2 Å². The second kappa shape index (κ2) is 24.4. The molecule has 0 bridgehead atoms. The molecule has 2 aromatic heterocycles. The molecule has 0 spiro atoms. The molecule has 1 aliphatic rings. The summed E-state index contributed by atoms with van der Waals surface area (Å²) in [7, 11) is 1.29. The molecule has 3 heterocycles. The lowest BCUT2D eigenvalue weighted by Gasteiger charge is -2.39. The number of ether oxygens (including phenoxy) is 5. The maximum Gasteiger partial charge on any atom is 0.414 e. The number of hydrogen-bond donors (Lipinski definition) is 2. The van der Waals surface area contributed by atoms with Gasteiger partial charge in [-0.25, -0.2) is 22.9 Å². The number of carbonyl (C=O) groups is 1. The van der Waals surface area contributed by atoms with E-state index in [4.69, 9.17) is 32.7 Å². The van der Waals surface area contributed by atoms with Crippen LogP contribution in [-0.2, 0) is 38.7 Å². The van der Waals surface area contributed by atoms with E-state index in [1.165, 1.54) is 12.4 Å². The molecule has 19 nitrogen and oxygen atoms in total. The predicted molar refractivity (Wildman–Crippen MR) is 290 cm³/mol. The third kappa shape index (κ3) is 12.0. The van der Waals surface area contributed by atoms with Crippen LogP contribution in [0.15, 0.2) is 131 Å². The van der Waals surface area contributed by atoms with Crippen molar-refractivity contribution in [3.63, 3.8) is 0 Å². The number of hydrogen-bond acceptors (Lipinski definition) is 16. The lowest BCUT2D eigenvalue weighted by molar-refractivity contribution is -0.0912. The summed E-state index contributed by atoms with van der Waals surface area (Å²) in [4.78, 5) is 40.4. The van der Waals surface area contributed by atoms with E-state index in [0.29, 0.717) is 16.9 Å². The molecule has 1 aliphatic heterocycles. The van der Waals surface area contributed by atoms with Gasteiger partial charge in [0.15, 0.2) is 21.0 Å². The minimum atomic E-state index is -3.91. The van der Waals surface area contributed by atoms with E-state index in [-0.39, 0.29) is 60.1 Å². The SMILES string of the molecule is COc1ccc(C(OC[C@H]2O[C@@H](n3cnc4c(=O)[nH]c(NC(=O)OCCS(=O)(=O)c5cccc6c(N(C)C)cccc56)nc43)C[C@@H]2OP(OCCC#N)N(C(C)C)C(C)C)(c2ccccc2)c2ccc(OC)cc2)cc1. The molecular formula is C55H63N8O11PS. The summed E-state index contributed by atoms with van der Waals surface area (Å²) in [5.41, 5.74) is 1.46. The first-order valence-corrected chi connectivity index (χ1v) is 27.6. The summed E-state index contributed by atoms with van der Waals surface area (Å²) < 4.78 is 75.2. The fraction of sp³-hybridized carbons (Fsp3) is 0.364. The second-order valence-corrected chi connectivity index (χ2v) is 22.2. The number of sulfone groups is 1. The fourth-order valence-electron chi connectivity index (χ4n) is 9.43. The monoisotopic (exact) mass is 1070 g/mol. The number of benzene rings is 5. The number of aromatic amines is 1. The van der Waals surface area contributed by atoms with Crippen molar-refractivity contribution in [1.29, 1.82) is 5.26 Å². The third-order valence-corrected chi connectivity index (χ3v) is 16.8. The topological polar surface area (TPSA) is 222 Å². The molecule has 8 rings (SSSR count). The highest BCUT2D eigenvalue weighted by molar-refractivity contribution is 7.91. The number of carbonyl (C=O) groups excluding carboxylic acids is 1. The smallest absolute Gasteiger partial charge is 0.414 e. The first kappa shape index (κ1) is 55.3. The molecule has 7 aromatic rings. The van der Waals surface area contributed by atoms with Crippen LogP contribution in [-0.4, -0.2) is 117 Å². The number of fused-ring (bicyclic) bond motifs is 2. The summed E-state index contributed by atoms with van der Waals surface area (Å²) in [5.74, 6) is 0.559. The van der Waals surface area contributed by atoms with E-state index in [9.17, 15) is 23.3 Å². The van der Waals surface area contributed by atoms with Crippen LogP contribution >= 0.6 is 8.53 Å². The molecule has 400 valence electrons. The highest BCUT2D eigenvalue weighted by Gasteiger charge is 2.45. The number of nitrogens with zero attached hydrogens (tertiary/aromatic N) is 6. The van der Waals surface area contributed by atoms with Gasteiger partial charge in [-0.15, -0.1) is 0 Å². The molecule has 1 amide bonds. The summed E-state index contributed by atoms with van der Waals surface area (Å²) in [6.07, 6.45) is -1.59. The van der Waals surface area contributed by atoms with E-state index in [2.05, 4.69) is 58.7 Å². The highest BCUT2D eigenvalue weighted by Crippen LogP contribution is 2.51. The normalized spacial score (nSPS) is 16.3. The molecule has 0 aliphatic carbocycles. The zero-order valence-corrected chi connectivity index (χ0v) is 45.4. The largest absolute Gasteiger partial charge is 0.497 e. The number of nitrogens with one attached hydrogen (secondary N) is 2. The van der Waals surface area contributed by atoms with Crippen LogP contribution in [0, 0.1) is 11.3 Å². The number of rotatable bonds is 23. The van der Waals surface area contributed by atoms with Crippen LogP contribution < -0.4 is 25.2 Å². The number of nitriles is 1. The zero-order chi connectivity index (χ0) is 54.1. The van der Waals surface area contributed by atoms with Gasteiger partial charge in [-0.2, -0.15) is 10.2 Å². The number of methoxy groups -OCH3 is 2. The van der Waals surface area contributed by atoms with Crippen molar-refractivity contribution in [2.45, 2.75) is 81.6 Å². The Morgan fingerprint density at radius 3 is 2.13 bits per heavy atom. The molecule has 1 saturated heterocycles. The van der Waals surface area contributed by atoms with Crippen LogP contribution in [0.5, 0.6) is 11.5 Å². The number of H-pyrrole nitrogens is 1. The highest BCUT2D eigenvalue weighted by atomic mass is 32.2. The van der Waals surface area contributed by atoms with Crippen LogP contribution in [0.1, 0.15) is 63.5 Å². The minimum absolute atomic E-state index is 0.00627. The standard InChI is InChI=1S/C55H63N8O11PS/c1-36(2)63(37(3)4)75(72-30-14-29-56)74-46-33-49(73-47(46)34-71-55(38-15-10-9-11-16-38,39-21-25-41(68-7)26-22-39)40-23-27-42(69-8)28-24-40)62-35-57-50-51(62)58-53(59-52(50)64)60-54(65)70-31-32-76(66,67)48-20-13-17-43-44(48)18-12-19-45(43)61(5)6/h9-13,15-28,35-37,46-47,49H,14,30-34H2,1-8H3,(H2,58,59,60,64,65)/t46-,47+,49+,75?/m0/s1. The average Bonchev–Trinajstić information content (AvgIpc) is 4.03. The molecule has 4 atom stereocenters. The Morgan fingerprint density at radius 2 is 1.51 bits per heavy atom. The summed E-state index contributed by atoms with van der Waals surface area (Å²) >= 11 is 0. The maximum atomic E-state index is 13.6. The van der Waals surface area contributed by atoms with Crippen molar-refractivity contribution in [3.05, 3.63) is 149 Å². The van der Waals surface area contributed by atoms with Gasteiger partial charge < -0.3 is 37.6 Å². The van der Waals surface area contributed by atoms with Gasteiger partial charge in [0, 0.05) is 49.1 Å². The van der Waals surface area contributed by atoms with Crippen LogP contribution in [0.3, 0.4) is 0 Å². The Hall–Kier alpha value is -6.95. The first-order valence-electron chi connectivity index (χ1n) is 24.8. The number of anilines is 2. The van der Waals surface area contributed by atoms with Crippen molar-refractivity contribution in [3.8, 4) is 17.6 Å². The number of aromatic nitrogens is 4. The Balaban J connectivity index is 1.10. The van der Waals surface area contributed by atoms with Crippen LogP contribution in [0.2, 0.25) is 0 Å². The van der Waals surface area contributed by atoms with E-state index >= 15 is 0 Å². The van der Waals surface area contributed by atoms with E-state index in [1.807, 2.05) is 110 Å². The molecule has 1 fully saturated rings. The molecule has 21 heteroatoms. The lowest BCUT2D eigenvalue weighted by Crippen LogP contribution is -2.39. The number of imidazole rings is 1. The molecular weight excluding hydrogens is 1010 g/mol. The van der Waals surface area contributed by atoms with E-state index in [0.717, 1.165) is 27.8 Å².